The Hall–Kier alpha value is -9.43. The lowest BCUT2D eigenvalue weighted by Gasteiger charge is -2.23. The Morgan fingerprint density at radius 1 is 0.494 bits per heavy atom. The quantitative estimate of drug-likeness (QED) is 0.0105. The summed E-state index contributed by atoms with van der Waals surface area (Å²) < 4.78 is 0. The van der Waals surface area contributed by atoms with Crippen LogP contribution in [0.25, 0.3) is 0 Å². The molecule has 2 saturated heterocycles. The summed E-state index contributed by atoms with van der Waals surface area (Å²) >= 11 is 0. The normalized spacial score (nSPS) is 13.6. The number of Topliss-reactive ketones (excluding diaryl/α,β-unsaturated/α-hetero) is 2. The fourth-order valence-corrected chi connectivity index (χ4v) is 6.20. The summed E-state index contributed by atoms with van der Waals surface area (Å²) in [5.74, 6) is -18.1. The van der Waals surface area contributed by atoms with E-state index in [1.807, 2.05) is 5.43 Å². The maximum atomic E-state index is 12.3. The van der Waals surface area contributed by atoms with Crippen molar-refractivity contribution < 1.29 is 157 Å². The fraction of sp³-hybridized carbons (Fsp3) is 0.558. The van der Waals surface area contributed by atoms with Gasteiger partial charge in [0.1, 0.15) is 18.0 Å². The van der Waals surface area contributed by atoms with Crippen LogP contribution in [-0.4, -0.2) is 196 Å². The number of aliphatic hydroxyl groups is 3. The lowest BCUT2D eigenvalue weighted by Crippen LogP contribution is -2.46. The third-order valence-corrected chi connectivity index (χ3v) is 10.5. The molecule has 81 heavy (non-hydrogen) atoms. The third-order valence-electron chi connectivity index (χ3n) is 10.5. The smallest absolute Gasteiger partial charge is 0.336 e. The molecule has 2 atom stereocenters. The van der Waals surface area contributed by atoms with Crippen LogP contribution in [0.2, 0.25) is 0 Å². The number of hydrazine groups is 2. The van der Waals surface area contributed by atoms with E-state index < -0.39 is 175 Å². The Bertz CT molecular complexity index is 2300. The van der Waals surface area contributed by atoms with Crippen molar-refractivity contribution in [2.24, 2.45) is 17.7 Å². The van der Waals surface area contributed by atoms with Crippen LogP contribution < -0.4 is 22.1 Å². The number of nitrogens with two attached hydrogens (primary N) is 1. The van der Waals surface area contributed by atoms with E-state index in [-0.39, 0.29) is 79.5 Å². The Morgan fingerprint density at radius 3 is 1.10 bits per heavy atom. The minimum atomic E-state index is -3.02. The first-order valence-corrected chi connectivity index (χ1v) is 22.9. The number of hydroxylamine groups is 4. The van der Waals surface area contributed by atoms with Crippen LogP contribution in [0.3, 0.4) is 0 Å². The van der Waals surface area contributed by atoms with Gasteiger partial charge in [0.05, 0.1) is 38.5 Å². The highest BCUT2D eigenvalue weighted by atomic mass is 16.7. The van der Waals surface area contributed by atoms with Gasteiger partial charge in [-0.3, -0.25) is 83.4 Å². The second-order valence-electron chi connectivity index (χ2n) is 17.1. The van der Waals surface area contributed by atoms with E-state index in [2.05, 4.69) is 15.1 Å². The zero-order valence-corrected chi connectivity index (χ0v) is 42.6. The molecule has 0 aliphatic carbocycles. The monoisotopic (exact) mass is 1170 g/mol. The standard InChI is InChI=1S/C17H28N4O7.C14H14N2O11.2C6H8O7/c1-3-11(5-7-17(27)28)13(23)8-12(10(2)22)4-6-14(24)20-21-16(26)9-15(25)19-18;17-7-1-2-8(18)15(7)26-11(21)5-14(25,13(23)24)6-12(22)27-16-9(19)3-4-10(16)20;2*7-3(8)1-6(13,5(11)12)2-4(9)10/h11-12H,3-9,18H2,1-2H3,(H,19,25)(H,20,24)(H,21,26)(H,27,28);25H,1-6H2,(H,23,24);2*13H,1-2H2,(H,7,8)(H,9,10)(H,11,12). The number of nitrogens with one attached hydrogen (secondary N) is 3. The van der Waals surface area contributed by atoms with Crippen LogP contribution >= 0.6 is 0 Å². The second kappa shape index (κ2) is 34.5. The van der Waals surface area contributed by atoms with E-state index in [1.165, 1.54) is 6.92 Å². The average Bonchev–Trinajstić information content (AvgIpc) is 3.81. The van der Waals surface area contributed by atoms with Crippen LogP contribution in [0.5, 0.6) is 0 Å². The van der Waals surface area contributed by atoms with Gasteiger partial charge in [-0.2, -0.15) is 0 Å². The van der Waals surface area contributed by atoms with Gasteiger partial charge in [0.25, 0.3) is 23.6 Å². The van der Waals surface area contributed by atoms with Crippen molar-refractivity contribution >= 4 is 113 Å². The highest BCUT2D eigenvalue weighted by Crippen LogP contribution is 2.24. The number of nitrogens with zero attached hydrogens (tertiary/aromatic N) is 2. The first-order valence-electron chi connectivity index (χ1n) is 22.9. The first kappa shape index (κ1) is 73.6. The average molecular weight is 1170 g/mol. The van der Waals surface area contributed by atoms with Crippen LogP contribution in [0.15, 0.2) is 0 Å². The van der Waals surface area contributed by atoms with Crippen molar-refractivity contribution in [1.82, 2.24) is 26.4 Å². The minimum Gasteiger partial charge on any atom is -0.481 e. The summed E-state index contributed by atoms with van der Waals surface area (Å²) in [6.07, 6.45) is -8.07. The molecule has 0 radical (unpaired) electrons. The van der Waals surface area contributed by atoms with Crippen molar-refractivity contribution in [3.8, 4) is 0 Å². The highest BCUT2D eigenvalue weighted by Gasteiger charge is 2.46. The van der Waals surface area contributed by atoms with E-state index in [0.717, 1.165) is 0 Å². The fourth-order valence-electron chi connectivity index (χ4n) is 6.20. The molecule has 0 bridgehead atoms. The number of rotatable bonds is 30. The first-order chi connectivity index (χ1) is 37.2. The van der Waals surface area contributed by atoms with Crippen molar-refractivity contribution in [2.75, 3.05) is 0 Å². The summed E-state index contributed by atoms with van der Waals surface area (Å²) in [5.41, 5.74) is -2.59. The summed E-state index contributed by atoms with van der Waals surface area (Å²) in [6.45, 7) is 3.09. The Balaban J connectivity index is 0. The molecule has 2 aliphatic rings. The van der Waals surface area contributed by atoms with Crippen molar-refractivity contribution in [3.05, 3.63) is 0 Å². The van der Waals surface area contributed by atoms with Gasteiger partial charge in [-0.05, 0) is 26.2 Å². The molecule has 0 spiro atoms. The predicted molar refractivity (Wildman–Crippen MR) is 247 cm³/mol. The van der Waals surface area contributed by atoms with Gasteiger partial charge in [0.15, 0.2) is 16.8 Å². The van der Waals surface area contributed by atoms with E-state index in [0.29, 0.717) is 6.42 Å². The number of hydrogen-bond donors (Lipinski definition) is 15. The number of aliphatic carboxylic acids is 8. The summed E-state index contributed by atoms with van der Waals surface area (Å²) in [4.78, 5) is 219. The van der Waals surface area contributed by atoms with E-state index in [4.69, 9.17) is 56.9 Å². The number of carbonyl (C=O) groups excluding carboxylic acids is 11. The van der Waals surface area contributed by atoms with Crippen LogP contribution in [0.1, 0.15) is 123 Å². The number of carboxylic acid groups (broad SMARTS) is 8. The van der Waals surface area contributed by atoms with Crippen molar-refractivity contribution in [3.63, 3.8) is 0 Å². The molecular weight excluding hydrogens is 1110 g/mol. The molecule has 2 fully saturated rings. The van der Waals surface area contributed by atoms with Gasteiger partial charge in [0.2, 0.25) is 17.7 Å². The van der Waals surface area contributed by atoms with Gasteiger partial charge >= 0.3 is 59.7 Å². The Kier molecular flexibility index (Phi) is 31.3. The maximum Gasteiger partial charge on any atom is 0.336 e. The molecule has 0 aromatic heterocycles. The lowest BCUT2D eigenvalue weighted by atomic mass is 9.86. The third kappa shape index (κ3) is 28.7. The molecule has 452 valence electrons. The molecule has 2 aliphatic heterocycles. The molecule has 0 aromatic carbocycles. The van der Waals surface area contributed by atoms with Crippen molar-refractivity contribution in [1.29, 1.82) is 0 Å². The predicted octanol–water partition coefficient (Wildman–Crippen LogP) is -5.35. The second-order valence-corrected chi connectivity index (χ2v) is 17.1. The van der Waals surface area contributed by atoms with Gasteiger partial charge < -0.3 is 65.8 Å². The number of imide groups is 2. The van der Waals surface area contributed by atoms with Crippen LogP contribution in [0.4, 0.5) is 0 Å². The molecule has 7 amide bonds. The number of ketones is 2. The number of amides is 7. The van der Waals surface area contributed by atoms with E-state index in [1.54, 1.807) is 12.3 Å². The van der Waals surface area contributed by atoms with Gasteiger partial charge in [-0.25, -0.2) is 29.8 Å². The lowest BCUT2D eigenvalue weighted by molar-refractivity contribution is -0.207. The largest absolute Gasteiger partial charge is 0.481 e. The topological polar surface area (TPSA) is 634 Å². The number of hydrogen-bond acceptors (Lipinski definition) is 25. The van der Waals surface area contributed by atoms with Crippen molar-refractivity contribution in [2.45, 2.75) is 140 Å². The molecule has 16 N–H and O–H groups in total. The van der Waals surface area contributed by atoms with E-state index >= 15 is 0 Å². The summed E-state index contributed by atoms with van der Waals surface area (Å²) in [7, 11) is 0. The van der Waals surface area contributed by atoms with Gasteiger partial charge in [0, 0.05) is 56.8 Å². The molecule has 38 nitrogen and oxygen atoms in total. The zero-order valence-electron chi connectivity index (χ0n) is 42.6. The summed E-state index contributed by atoms with van der Waals surface area (Å²) in [6, 6.07) is 0. The number of carbonyl (C=O) groups is 19. The Labute approximate surface area is 452 Å². The van der Waals surface area contributed by atoms with Gasteiger partial charge in [-0.15, -0.1) is 10.1 Å². The molecule has 0 aromatic rings. The van der Waals surface area contributed by atoms with Crippen LogP contribution in [0, 0.1) is 11.8 Å². The molecular formula is C43H58N6O32. The molecule has 38 heteroatoms. The van der Waals surface area contributed by atoms with Crippen LogP contribution in [-0.2, 0) is 101 Å². The maximum absolute atomic E-state index is 12.3. The molecule has 2 heterocycles. The van der Waals surface area contributed by atoms with Gasteiger partial charge in [-0.1, -0.05) is 6.92 Å². The summed E-state index contributed by atoms with van der Waals surface area (Å²) in [5, 5.41) is 95.8. The minimum absolute atomic E-state index is 0.0657. The number of carboxylic acids is 8. The SMILES string of the molecule is CCC(CCC(=O)O)C(=O)CC(CCC(=O)NNC(=O)CC(=O)NN)C(C)=O.O=C(CC(O)(CC(=O)ON1C(=O)CCC1=O)C(=O)O)ON1C(=O)CCC1=O.O=C(O)CC(O)(CC(=O)O)C(=O)O.O=C(O)CC(O)(CC(=O)O)C(=O)O. The molecule has 2 unspecified atom stereocenters. The Morgan fingerprint density at radius 2 is 0.815 bits per heavy atom. The zero-order chi connectivity index (χ0) is 63.3. The highest BCUT2D eigenvalue weighted by molar-refractivity contribution is 6.03. The molecule has 2 rings (SSSR count). The molecule has 0 saturated carbocycles. The van der Waals surface area contributed by atoms with E-state index in [9.17, 15) is 96.2 Å².